The van der Waals surface area contributed by atoms with Gasteiger partial charge in [0.15, 0.2) is 0 Å². The molecule has 0 amide bonds. The lowest BCUT2D eigenvalue weighted by atomic mass is 10.1. The van der Waals surface area contributed by atoms with Crippen molar-refractivity contribution in [3.8, 4) is 5.75 Å². The number of aromatic nitrogens is 1. The van der Waals surface area contributed by atoms with Gasteiger partial charge in [-0.05, 0) is 42.8 Å². The predicted octanol–water partition coefficient (Wildman–Crippen LogP) is 3.58. The molecule has 1 aromatic carbocycles. The van der Waals surface area contributed by atoms with E-state index >= 15 is 0 Å². The molecule has 1 aromatic heterocycles. The Morgan fingerprint density at radius 1 is 1.35 bits per heavy atom. The van der Waals surface area contributed by atoms with Crippen LogP contribution in [0.3, 0.4) is 0 Å². The number of thioether (sulfide) groups is 1. The summed E-state index contributed by atoms with van der Waals surface area (Å²) in [5, 5.41) is 13.1. The zero-order valence-electron chi connectivity index (χ0n) is 11.4. The summed E-state index contributed by atoms with van der Waals surface area (Å²) in [6.07, 6.45) is 1.78. The maximum atomic E-state index is 8.86. The highest BCUT2D eigenvalue weighted by molar-refractivity contribution is 7.98. The number of benzene rings is 1. The van der Waals surface area contributed by atoms with Crippen LogP contribution >= 0.6 is 11.8 Å². The van der Waals surface area contributed by atoms with E-state index in [9.17, 15) is 0 Å². The molecular weight excluding hydrogens is 272 g/mol. The fourth-order valence-electron chi connectivity index (χ4n) is 1.76. The van der Waals surface area contributed by atoms with Crippen LogP contribution in [-0.4, -0.2) is 23.0 Å². The Balaban J connectivity index is 2.20. The molecule has 2 rings (SSSR count). The Morgan fingerprint density at radius 3 is 2.85 bits per heavy atom. The minimum absolute atomic E-state index is 0.580. The number of pyridine rings is 1. The van der Waals surface area contributed by atoms with Crippen molar-refractivity contribution in [2.24, 2.45) is 5.16 Å². The third-order valence-electron chi connectivity index (χ3n) is 2.86. The first-order chi connectivity index (χ1) is 9.74. The van der Waals surface area contributed by atoms with Crippen molar-refractivity contribution in [2.75, 3.05) is 7.11 Å². The van der Waals surface area contributed by atoms with Crippen molar-refractivity contribution in [2.45, 2.75) is 17.7 Å². The summed E-state index contributed by atoms with van der Waals surface area (Å²) in [5.41, 5.74) is 2.50. The molecule has 0 spiro atoms. The lowest BCUT2D eigenvalue weighted by molar-refractivity contribution is 0.319. The van der Waals surface area contributed by atoms with E-state index in [1.54, 1.807) is 32.0 Å². The van der Waals surface area contributed by atoms with Gasteiger partial charge < -0.3 is 9.94 Å². The molecule has 0 bridgehead atoms. The van der Waals surface area contributed by atoms with Crippen LogP contribution in [0.25, 0.3) is 0 Å². The van der Waals surface area contributed by atoms with Gasteiger partial charge in [-0.1, -0.05) is 11.2 Å². The van der Waals surface area contributed by atoms with Crippen LogP contribution in [0.4, 0.5) is 0 Å². The van der Waals surface area contributed by atoms with E-state index in [1.165, 1.54) is 0 Å². The molecule has 0 aliphatic rings. The average Bonchev–Trinajstić information content (AvgIpc) is 2.52. The molecule has 0 fully saturated rings. The summed E-state index contributed by atoms with van der Waals surface area (Å²) in [4.78, 5) is 4.28. The third kappa shape index (κ3) is 3.51. The molecule has 20 heavy (non-hydrogen) atoms. The number of nitrogens with zero attached hydrogens (tertiary/aromatic N) is 2. The smallest absolute Gasteiger partial charge is 0.122 e. The van der Waals surface area contributed by atoms with Crippen LogP contribution in [0.15, 0.2) is 52.8 Å². The summed E-state index contributed by atoms with van der Waals surface area (Å²) in [7, 11) is 1.65. The molecule has 2 aromatic rings. The zero-order valence-corrected chi connectivity index (χ0v) is 12.2. The summed E-state index contributed by atoms with van der Waals surface area (Å²) < 4.78 is 5.37. The Bertz CT molecular complexity index is 600. The molecule has 0 saturated carbocycles. The Morgan fingerprint density at radius 2 is 2.20 bits per heavy atom. The van der Waals surface area contributed by atoms with E-state index in [-0.39, 0.29) is 0 Å². The zero-order chi connectivity index (χ0) is 14.4. The fraction of sp³-hybridized carbons (Fsp3) is 0.200. The molecule has 5 heteroatoms. The second-order valence-electron chi connectivity index (χ2n) is 4.17. The van der Waals surface area contributed by atoms with Crippen LogP contribution in [0.2, 0.25) is 0 Å². The largest absolute Gasteiger partial charge is 0.496 e. The van der Waals surface area contributed by atoms with E-state index in [4.69, 9.17) is 9.94 Å². The lowest BCUT2D eigenvalue weighted by Gasteiger charge is -2.10. The summed E-state index contributed by atoms with van der Waals surface area (Å²) >= 11 is 1.64. The minimum atomic E-state index is 0.580. The lowest BCUT2D eigenvalue weighted by Crippen LogP contribution is -1.98. The number of methoxy groups -OCH3 is 1. The minimum Gasteiger partial charge on any atom is -0.496 e. The monoisotopic (exact) mass is 288 g/mol. The topological polar surface area (TPSA) is 54.7 Å². The molecule has 0 saturated heterocycles. The Hall–Kier alpha value is -2.01. The van der Waals surface area contributed by atoms with Gasteiger partial charge in [0.05, 0.1) is 17.8 Å². The SMILES string of the molecule is COc1ccc(/C(C)=N/O)cc1CSc1ccccn1. The van der Waals surface area contributed by atoms with E-state index in [1.807, 2.05) is 36.4 Å². The molecular formula is C15H16N2O2S. The van der Waals surface area contributed by atoms with E-state index < -0.39 is 0 Å². The van der Waals surface area contributed by atoms with Crippen molar-refractivity contribution in [3.63, 3.8) is 0 Å². The number of hydrogen-bond acceptors (Lipinski definition) is 5. The number of hydrogen-bond donors (Lipinski definition) is 1. The number of rotatable bonds is 5. The third-order valence-corrected chi connectivity index (χ3v) is 3.85. The summed E-state index contributed by atoms with van der Waals surface area (Å²) in [6.45, 7) is 1.76. The van der Waals surface area contributed by atoms with E-state index in [2.05, 4.69) is 10.1 Å². The van der Waals surface area contributed by atoms with Crippen LogP contribution in [0.1, 0.15) is 18.1 Å². The maximum Gasteiger partial charge on any atom is 0.122 e. The quantitative estimate of drug-likeness (QED) is 0.395. The number of oxime groups is 1. The van der Waals surface area contributed by atoms with Crippen molar-refractivity contribution >= 4 is 17.5 Å². The highest BCUT2D eigenvalue weighted by Crippen LogP contribution is 2.28. The number of ether oxygens (including phenoxy) is 1. The van der Waals surface area contributed by atoms with Gasteiger partial charge >= 0.3 is 0 Å². The van der Waals surface area contributed by atoms with Gasteiger partial charge in [-0.15, -0.1) is 11.8 Å². The molecule has 1 heterocycles. The van der Waals surface area contributed by atoms with Crippen molar-refractivity contribution in [3.05, 3.63) is 53.7 Å². The van der Waals surface area contributed by atoms with Gasteiger partial charge in [0.1, 0.15) is 5.75 Å². The van der Waals surface area contributed by atoms with Crippen molar-refractivity contribution in [1.29, 1.82) is 0 Å². The van der Waals surface area contributed by atoms with Gasteiger partial charge in [0.25, 0.3) is 0 Å². The molecule has 104 valence electrons. The van der Waals surface area contributed by atoms with Crippen LogP contribution < -0.4 is 4.74 Å². The second kappa shape index (κ2) is 6.96. The van der Waals surface area contributed by atoms with Crippen molar-refractivity contribution < 1.29 is 9.94 Å². The molecule has 4 nitrogen and oxygen atoms in total. The Kier molecular flexibility index (Phi) is 5.01. The Labute approximate surface area is 122 Å². The summed E-state index contributed by atoms with van der Waals surface area (Å²) in [5.74, 6) is 1.56. The molecule has 1 N–H and O–H groups in total. The van der Waals surface area contributed by atoms with Crippen molar-refractivity contribution in [1.82, 2.24) is 4.98 Å². The molecule has 0 unspecified atom stereocenters. The van der Waals surface area contributed by atoms with Crippen LogP contribution in [0.5, 0.6) is 5.75 Å². The fourth-order valence-corrected chi connectivity index (χ4v) is 2.60. The van der Waals surface area contributed by atoms with E-state index in [0.29, 0.717) is 5.71 Å². The van der Waals surface area contributed by atoms with E-state index in [0.717, 1.165) is 27.7 Å². The molecule has 0 aliphatic heterocycles. The van der Waals surface area contributed by atoms with Gasteiger partial charge in [0, 0.05) is 17.5 Å². The van der Waals surface area contributed by atoms with Gasteiger partial charge in [-0.2, -0.15) is 0 Å². The first kappa shape index (κ1) is 14.4. The molecule has 0 atom stereocenters. The molecule has 0 radical (unpaired) electrons. The standard InChI is InChI=1S/C15H16N2O2S/c1-11(17-18)12-6-7-14(19-2)13(9-12)10-20-15-5-3-4-8-16-15/h3-9,18H,10H2,1-2H3/b17-11+. The summed E-state index contributed by atoms with van der Waals surface area (Å²) in [6, 6.07) is 11.6. The first-order valence-electron chi connectivity index (χ1n) is 6.14. The predicted molar refractivity (Wildman–Crippen MR) is 80.8 cm³/mol. The maximum absolute atomic E-state index is 8.86. The van der Waals surface area contributed by atoms with Gasteiger partial charge in [0.2, 0.25) is 0 Å². The van der Waals surface area contributed by atoms with Crippen LogP contribution in [-0.2, 0) is 5.75 Å². The van der Waals surface area contributed by atoms with Gasteiger partial charge in [-0.3, -0.25) is 0 Å². The van der Waals surface area contributed by atoms with Gasteiger partial charge in [-0.25, -0.2) is 4.98 Å². The average molecular weight is 288 g/mol. The first-order valence-corrected chi connectivity index (χ1v) is 7.13. The molecule has 0 aliphatic carbocycles. The normalized spacial score (nSPS) is 11.4. The second-order valence-corrected chi connectivity index (χ2v) is 5.16. The highest BCUT2D eigenvalue weighted by atomic mass is 32.2. The van der Waals surface area contributed by atoms with Crippen LogP contribution in [0, 0.1) is 0 Å². The highest BCUT2D eigenvalue weighted by Gasteiger charge is 2.07.